The van der Waals surface area contributed by atoms with Crippen molar-refractivity contribution >= 4 is 5.91 Å². The number of likely N-dealkylation sites (tertiary alicyclic amines) is 1. The lowest BCUT2D eigenvalue weighted by Gasteiger charge is -2.38. The van der Waals surface area contributed by atoms with Gasteiger partial charge < -0.3 is 15.8 Å². The molecule has 4 atom stereocenters. The molecular formula is C15H29N3O2. The molecule has 0 bridgehead atoms. The third-order valence-electron chi connectivity index (χ3n) is 4.66. The summed E-state index contributed by atoms with van der Waals surface area (Å²) in [4.78, 5) is 14.6. The Kier molecular flexibility index (Phi) is 5.81. The maximum Gasteiger partial charge on any atom is 0.249 e. The molecule has 0 saturated carbocycles. The van der Waals surface area contributed by atoms with Crippen LogP contribution in [-0.4, -0.2) is 54.7 Å². The zero-order chi connectivity index (χ0) is 14.5. The largest absolute Gasteiger partial charge is 0.364 e. The molecule has 5 heteroatoms. The van der Waals surface area contributed by atoms with Crippen molar-refractivity contribution < 1.29 is 9.53 Å². The third-order valence-corrected chi connectivity index (χ3v) is 4.66. The summed E-state index contributed by atoms with van der Waals surface area (Å²) in [5.74, 6) is 0.0254. The van der Waals surface area contributed by atoms with Crippen molar-refractivity contribution in [3.63, 3.8) is 0 Å². The van der Waals surface area contributed by atoms with E-state index in [9.17, 15) is 4.79 Å². The Bertz CT molecular complexity index is 324. The zero-order valence-corrected chi connectivity index (χ0v) is 12.8. The van der Waals surface area contributed by atoms with Crippen molar-refractivity contribution in [2.75, 3.05) is 19.6 Å². The molecule has 2 rings (SSSR count). The van der Waals surface area contributed by atoms with E-state index >= 15 is 0 Å². The minimum absolute atomic E-state index is 0.0254. The van der Waals surface area contributed by atoms with Gasteiger partial charge in [-0.1, -0.05) is 6.42 Å². The van der Waals surface area contributed by atoms with Crippen LogP contribution in [0.3, 0.4) is 0 Å². The molecule has 0 aromatic carbocycles. The van der Waals surface area contributed by atoms with Crippen LogP contribution < -0.4 is 11.1 Å². The van der Waals surface area contributed by atoms with E-state index < -0.39 is 0 Å². The Morgan fingerprint density at radius 3 is 2.85 bits per heavy atom. The Labute approximate surface area is 122 Å². The van der Waals surface area contributed by atoms with Gasteiger partial charge in [0.2, 0.25) is 5.91 Å². The van der Waals surface area contributed by atoms with Crippen molar-refractivity contribution in [1.82, 2.24) is 10.2 Å². The van der Waals surface area contributed by atoms with E-state index in [1.807, 2.05) is 0 Å². The summed E-state index contributed by atoms with van der Waals surface area (Å²) >= 11 is 0. The van der Waals surface area contributed by atoms with Crippen LogP contribution >= 0.6 is 0 Å². The van der Waals surface area contributed by atoms with Crippen LogP contribution in [0.1, 0.15) is 46.0 Å². The predicted molar refractivity (Wildman–Crippen MR) is 79.4 cm³/mol. The van der Waals surface area contributed by atoms with E-state index in [0.717, 1.165) is 19.4 Å². The number of nitrogens with two attached hydrogens (primary N) is 1. The van der Waals surface area contributed by atoms with Crippen LogP contribution in [0, 0.1) is 0 Å². The minimum atomic E-state index is -0.297. The summed E-state index contributed by atoms with van der Waals surface area (Å²) in [6.07, 6.45) is 5.32. The molecule has 0 aromatic rings. The first-order valence-corrected chi connectivity index (χ1v) is 8.00. The predicted octanol–water partition coefficient (Wildman–Crippen LogP) is 0.872. The van der Waals surface area contributed by atoms with Crippen LogP contribution in [0.4, 0.5) is 0 Å². The van der Waals surface area contributed by atoms with Gasteiger partial charge in [-0.2, -0.15) is 0 Å². The highest BCUT2D eigenvalue weighted by atomic mass is 16.5. The molecule has 0 aromatic heterocycles. The lowest BCUT2D eigenvalue weighted by atomic mass is 10.0. The molecule has 2 heterocycles. The molecule has 1 amide bonds. The molecular weight excluding hydrogens is 254 g/mol. The van der Waals surface area contributed by atoms with Gasteiger partial charge in [0.25, 0.3) is 0 Å². The lowest BCUT2D eigenvalue weighted by Crippen LogP contribution is -2.49. The molecule has 2 saturated heterocycles. The zero-order valence-electron chi connectivity index (χ0n) is 12.8. The minimum Gasteiger partial charge on any atom is -0.364 e. The number of hydrogen-bond acceptors (Lipinski definition) is 4. The van der Waals surface area contributed by atoms with Gasteiger partial charge in [-0.3, -0.25) is 9.69 Å². The van der Waals surface area contributed by atoms with E-state index in [1.54, 1.807) is 0 Å². The first-order valence-electron chi connectivity index (χ1n) is 8.00. The van der Waals surface area contributed by atoms with Crippen LogP contribution in [0.15, 0.2) is 0 Å². The summed E-state index contributed by atoms with van der Waals surface area (Å²) in [6.45, 7) is 6.83. The van der Waals surface area contributed by atoms with Crippen molar-refractivity contribution in [3.05, 3.63) is 0 Å². The Balaban J connectivity index is 1.72. The monoisotopic (exact) mass is 283 g/mol. The standard InChI is InChI=1S/C15H29N3O2/c1-11-5-3-4-8-18(11)12(2)10-17-15(19)14-7-6-13(9-16)20-14/h11-14H,3-10,16H2,1-2H3,(H,17,19)/t11?,12?,13-,14+/m1/s1. The van der Waals surface area contributed by atoms with Crippen molar-refractivity contribution in [2.24, 2.45) is 5.73 Å². The topological polar surface area (TPSA) is 67.6 Å². The van der Waals surface area contributed by atoms with E-state index in [0.29, 0.717) is 25.2 Å². The van der Waals surface area contributed by atoms with Crippen molar-refractivity contribution in [3.8, 4) is 0 Å². The SMILES string of the molecule is CC1CCCCN1C(C)CNC(=O)[C@@H]1CC[C@H](CN)O1. The number of carbonyl (C=O) groups is 1. The summed E-state index contributed by atoms with van der Waals surface area (Å²) < 4.78 is 5.62. The number of carbonyl (C=O) groups excluding carboxylic acids is 1. The Hall–Kier alpha value is -0.650. The molecule has 5 nitrogen and oxygen atoms in total. The maximum absolute atomic E-state index is 12.1. The van der Waals surface area contributed by atoms with Crippen LogP contribution in [0.5, 0.6) is 0 Å². The number of piperidine rings is 1. The number of rotatable bonds is 5. The Morgan fingerprint density at radius 1 is 1.40 bits per heavy atom. The van der Waals surface area contributed by atoms with Gasteiger partial charge in [-0.15, -0.1) is 0 Å². The molecule has 3 N–H and O–H groups in total. The van der Waals surface area contributed by atoms with Gasteiger partial charge in [-0.05, 0) is 46.1 Å². The quantitative estimate of drug-likeness (QED) is 0.786. The average molecular weight is 283 g/mol. The third kappa shape index (κ3) is 3.93. The van der Waals surface area contributed by atoms with Crippen LogP contribution in [0.2, 0.25) is 0 Å². The van der Waals surface area contributed by atoms with Crippen LogP contribution in [0.25, 0.3) is 0 Å². The van der Waals surface area contributed by atoms with Gasteiger partial charge >= 0.3 is 0 Å². The van der Waals surface area contributed by atoms with Crippen molar-refractivity contribution in [1.29, 1.82) is 0 Å². The highest BCUT2D eigenvalue weighted by molar-refractivity contribution is 5.81. The number of hydrogen-bond donors (Lipinski definition) is 2. The molecule has 2 fully saturated rings. The Morgan fingerprint density at radius 2 is 2.20 bits per heavy atom. The number of nitrogens with one attached hydrogen (secondary N) is 1. The second-order valence-corrected chi connectivity index (χ2v) is 6.24. The normalized spacial score (nSPS) is 33.0. The first kappa shape index (κ1) is 15.7. The van der Waals surface area contributed by atoms with E-state index in [-0.39, 0.29) is 18.1 Å². The molecule has 2 aliphatic heterocycles. The van der Waals surface area contributed by atoms with Gasteiger partial charge in [0, 0.05) is 25.2 Å². The number of amides is 1. The second kappa shape index (κ2) is 7.38. The summed E-state index contributed by atoms with van der Waals surface area (Å²) in [5, 5.41) is 3.04. The molecule has 0 radical (unpaired) electrons. The highest BCUT2D eigenvalue weighted by Gasteiger charge is 2.30. The molecule has 116 valence electrons. The second-order valence-electron chi connectivity index (χ2n) is 6.24. The van der Waals surface area contributed by atoms with Crippen LogP contribution in [-0.2, 0) is 9.53 Å². The summed E-state index contributed by atoms with van der Waals surface area (Å²) in [5.41, 5.74) is 5.57. The fraction of sp³-hybridized carbons (Fsp3) is 0.933. The molecule has 20 heavy (non-hydrogen) atoms. The molecule has 0 spiro atoms. The van der Waals surface area contributed by atoms with Gasteiger partial charge in [0.1, 0.15) is 6.10 Å². The summed E-state index contributed by atoms with van der Waals surface area (Å²) in [6, 6.07) is 1.01. The highest BCUT2D eigenvalue weighted by Crippen LogP contribution is 2.20. The van der Waals surface area contributed by atoms with E-state index in [4.69, 9.17) is 10.5 Å². The molecule has 0 aliphatic carbocycles. The fourth-order valence-corrected chi connectivity index (χ4v) is 3.33. The van der Waals surface area contributed by atoms with E-state index in [1.165, 1.54) is 19.3 Å². The number of ether oxygens (including phenoxy) is 1. The smallest absolute Gasteiger partial charge is 0.249 e. The van der Waals surface area contributed by atoms with Gasteiger partial charge in [0.15, 0.2) is 0 Å². The molecule has 2 aliphatic rings. The van der Waals surface area contributed by atoms with E-state index in [2.05, 4.69) is 24.1 Å². The first-order chi connectivity index (χ1) is 9.61. The fourth-order valence-electron chi connectivity index (χ4n) is 3.33. The number of nitrogens with zero attached hydrogens (tertiary/aromatic N) is 1. The molecule has 2 unspecified atom stereocenters. The van der Waals surface area contributed by atoms with Crippen molar-refractivity contribution in [2.45, 2.75) is 70.2 Å². The summed E-state index contributed by atoms with van der Waals surface area (Å²) in [7, 11) is 0. The average Bonchev–Trinajstić information content (AvgIpc) is 2.94. The lowest BCUT2D eigenvalue weighted by molar-refractivity contribution is -0.132. The van der Waals surface area contributed by atoms with Gasteiger partial charge in [0.05, 0.1) is 6.10 Å². The maximum atomic E-state index is 12.1. The van der Waals surface area contributed by atoms with Gasteiger partial charge in [-0.25, -0.2) is 0 Å².